The van der Waals surface area contributed by atoms with E-state index in [1.165, 1.54) is 0 Å². The van der Waals surface area contributed by atoms with E-state index < -0.39 is 0 Å². The van der Waals surface area contributed by atoms with Crippen LogP contribution in [0.1, 0.15) is 5.89 Å². The molecule has 0 fully saturated rings. The molecule has 6 heteroatoms. The molecule has 0 amide bonds. The number of rotatable bonds is 3. The molecule has 1 aromatic heterocycles. The van der Waals surface area contributed by atoms with Gasteiger partial charge in [-0.05, 0) is 18.2 Å². The third-order valence-electron chi connectivity index (χ3n) is 2.05. The number of halogens is 1. The van der Waals surface area contributed by atoms with Crippen LogP contribution in [0.5, 0.6) is 5.75 Å². The van der Waals surface area contributed by atoms with Gasteiger partial charge in [0, 0.05) is 4.47 Å². The molecule has 5 nitrogen and oxygen atoms in total. The van der Waals surface area contributed by atoms with Crippen molar-refractivity contribution in [3.05, 3.63) is 28.6 Å². The third kappa shape index (κ3) is 2.07. The Bertz CT molecular complexity index is 499. The number of methoxy groups -OCH3 is 1. The van der Waals surface area contributed by atoms with Crippen molar-refractivity contribution in [3.8, 4) is 17.1 Å². The number of hydrogen-bond acceptors (Lipinski definition) is 5. The van der Waals surface area contributed by atoms with Gasteiger partial charge >= 0.3 is 0 Å². The molecule has 0 unspecified atom stereocenters. The molecule has 1 heterocycles. The lowest BCUT2D eigenvalue weighted by atomic mass is 10.2. The fourth-order valence-electron chi connectivity index (χ4n) is 1.30. The standard InChI is InChI=1S/C10H10BrN3O2/c1-15-8-3-2-6(11)4-7(8)10-13-9(5-12)16-14-10/h2-4H,5,12H2,1H3. The second-order valence-electron chi connectivity index (χ2n) is 3.06. The van der Waals surface area contributed by atoms with E-state index in [4.69, 9.17) is 15.0 Å². The van der Waals surface area contributed by atoms with Crippen LogP contribution >= 0.6 is 15.9 Å². The highest BCUT2D eigenvalue weighted by Crippen LogP contribution is 2.30. The summed E-state index contributed by atoms with van der Waals surface area (Å²) in [6.07, 6.45) is 0. The highest BCUT2D eigenvalue weighted by atomic mass is 79.9. The Labute approximate surface area is 101 Å². The molecule has 2 aromatic rings. The Morgan fingerprint density at radius 3 is 2.94 bits per heavy atom. The van der Waals surface area contributed by atoms with Crippen LogP contribution in [0, 0.1) is 0 Å². The molecule has 0 radical (unpaired) electrons. The second kappa shape index (κ2) is 4.63. The number of nitrogens with zero attached hydrogens (tertiary/aromatic N) is 2. The zero-order chi connectivity index (χ0) is 11.5. The summed E-state index contributed by atoms with van der Waals surface area (Å²) in [6, 6.07) is 5.58. The quantitative estimate of drug-likeness (QED) is 0.932. The Hall–Kier alpha value is -1.40. The number of aromatic nitrogens is 2. The number of nitrogens with two attached hydrogens (primary N) is 1. The summed E-state index contributed by atoms with van der Waals surface area (Å²) in [6.45, 7) is 0.226. The monoisotopic (exact) mass is 283 g/mol. The van der Waals surface area contributed by atoms with Crippen LogP contribution < -0.4 is 10.5 Å². The fourth-order valence-corrected chi connectivity index (χ4v) is 1.66. The molecule has 84 valence electrons. The first-order chi connectivity index (χ1) is 7.74. The van der Waals surface area contributed by atoms with Gasteiger partial charge < -0.3 is 15.0 Å². The minimum atomic E-state index is 0.226. The lowest BCUT2D eigenvalue weighted by Crippen LogP contribution is -1.96. The van der Waals surface area contributed by atoms with Gasteiger partial charge in [-0.3, -0.25) is 0 Å². The summed E-state index contributed by atoms with van der Waals surface area (Å²) in [4.78, 5) is 4.15. The molecule has 0 spiro atoms. The maximum absolute atomic E-state index is 5.40. The molecule has 0 aliphatic carbocycles. The van der Waals surface area contributed by atoms with Crippen molar-refractivity contribution in [2.45, 2.75) is 6.54 Å². The Morgan fingerprint density at radius 2 is 2.31 bits per heavy atom. The molecule has 0 atom stereocenters. The predicted octanol–water partition coefficient (Wildman–Crippen LogP) is 1.97. The predicted molar refractivity (Wildman–Crippen MR) is 61.9 cm³/mol. The van der Waals surface area contributed by atoms with Crippen molar-refractivity contribution in [3.63, 3.8) is 0 Å². The van der Waals surface area contributed by atoms with Gasteiger partial charge in [0.2, 0.25) is 11.7 Å². The number of hydrogen-bond donors (Lipinski definition) is 1. The largest absolute Gasteiger partial charge is 0.496 e. The molecule has 0 saturated heterocycles. The van der Waals surface area contributed by atoms with E-state index >= 15 is 0 Å². The van der Waals surface area contributed by atoms with E-state index in [0.717, 1.165) is 10.0 Å². The van der Waals surface area contributed by atoms with Crippen LogP contribution in [0.25, 0.3) is 11.4 Å². The zero-order valence-electron chi connectivity index (χ0n) is 8.61. The summed E-state index contributed by atoms with van der Waals surface area (Å²) < 4.78 is 11.1. The summed E-state index contributed by atoms with van der Waals surface area (Å²) in [7, 11) is 1.59. The third-order valence-corrected chi connectivity index (χ3v) is 2.54. The second-order valence-corrected chi connectivity index (χ2v) is 3.98. The molecular formula is C10H10BrN3O2. The van der Waals surface area contributed by atoms with Crippen LogP contribution in [0.15, 0.2) is 27.2 Å². The molecule has 0 bridgehead atoms. The molecule has 2 rings (SSSR count). The van der Waals surface area contributed by atoms with E-state index in [9.17, 15) is 0 Å². The van der Waals surface area contributed by atoms with Crippen molar-refractivity contribution in [2.75, 3.05) is 7.11 Å². The SMILES string of the molecule is COc1ccc(Br)cc1-c1noc(CN)n1. The van der Waals surface area contributed by atoms with E-state index in [0.29, 0.717) is 17.5 Å². The van der Waals surface area contributed by atoms with E-state index in [1.54, 1.807) is 7.11 Å². The average Bonchev–Trinajstić information content (AvgIpc) is 2.77. The molecule has 0 saturated carbocycles. The van der Waals surface area contributed by atoms with Crippen LogP contribution in [-0.4, -0.2) is 17.3 Å². The first-order valence-electron chi connectivity index (χ1n) is 4.61. The summed E-state index contributed by atoms with van der Waals surface area (Å²) in [5.74, 6) is 1.56. The molecule has 2 N–H and O–H groups in total. The lowest BCUT2D eigenvalue weighted by molar-refractivity contribution is 0.380. The minimum Gasteiger partial charge on any atom is -0.496 e. The van der Waals surface area contributed by atoms with Gasteiger partial charge in [0.15, 0.2) is 0 Å². The van der Waals surface area contributed by atoms with Crippen molar-refractivity contribution in [1.29, 1.82) is 0 Å². The van der Waals surface area contributed by atoms with Gasteiger partial charge in [0.25, 0.3) is 0 Å². The van der Waals surface area contributed by atoms with Crippen LogP contribution in [-0.2, 0) is 6.54 Å². The fraction of sp³-hybridized carbons (Fsp3) is 0.200. The van der Waals surface area contributed by atoms with Gasteiger partial charge in [-0.2, -0.15) is 4.98 Å². The van der Waals surface area contributed by atoms with Crippen molar-refractivity contribution in [2.24, 2.45) is 5.73 Å². The Morgan fingerprint density at radius 1 is 1.50 bits per heavy atom. The highest BCUT2D eigenvalue weighted by Gasteiger charge is 2.12. The molecular weight excluding hydrogens is 274 g/mol. The van der Waals surface area contributed by atoms with Crippen LogP contribution in [0.2, 0.25) is 0 Å². The summed E-state index contributed by atoms with van der Waals surface area (Å²) in [5, 5.41) is 3.84. The topological polar surface area (TPSA) is 74.2 Å². The smallest absolute Gasteiger partial charge is 0.240 e. The number of ether oxygens (including phenoxy) is 1. The van der Waals surface area contributed by atoms with Crippen molar-refractivity contribution < 1.29 is 9.26 Å². The Kier molecular flexibility index (Phi) is 3.21. The van der Waals surface area contributed by atoms with E-state index in [1.807, 2.05) is 18.2 Å². The highest BCUT2D eigenvalue weighted by molar-refractivity contribution is 9.10. The van der Waals surface area contributed by atoms with Gasteiger partial charge in [-0.15, -0.1) is 0 Å². The van der Waals surface area contributed by atoms with Crippen LogP contribution in [0.3, 0.4) is 0 Å². The summed E-state index contributed by atoms with van der Waals surface area (Å²) in [5.41, 5.74) is 6.17. The van der Waals surface area contributed by atoms with Crippen LogP contribution in [0.4, 0.5) is 0 Å². The minimum absolute atomic E-state index is 0.226. The van der Waals surface area contributed by atoms with Gasteiger partial charge in [-0.25, -0.2) is 0 Å². The van der Waals surface area contributed by atoms with Crippen molar-refractivity contribution in [1.82, 2.24) is 10.1 Å². The van der Waals surface area contributed by atoms with E-state index in [2.05, 4.69) is 26.1 Å². The van der Waals surface area contributed by atoms with E-state index in [-0.39, 0.29) is 6.54 Å². The first kappa shape index (κ1) is 11.1. The van der Waals surface area contributed by atoms with Gasteiger partial charge in [0.05, 0.1) is 19.2 Å². The van der Waals surface area contributed by atoms with Gasteiger partial charge in [0.1, 0.15) is 5.75 Å². The molecule has 16 heavy (non-hydrogen) atoms. The maximum atomic E-state index is 5.40. The normalized spacial score (nSPS) is 10.4. The molecule has 0 aliphatic heterocycles. The average molecular weight is 284 g/mol. The van der Waals surface area contributed by atoms with Gasteiger partial charge in [-0.1, -0.05) is 21.1 Å². The summed E-state index contributed by atoms with van der Waals surface area (Å²) >= 11 is 3.38. The maximum Gasteiger partial charge on any atom is 0.240 e. The lowest BCUT2D eigenvalue weighted by Gasteiger charge is -2.04. The zero-order valence-corrected chi connectivity index (χ0v) is 10.2. The first-order valence-corrected chi connectivity index (χ1v) is 5.40. The molecule has 1 aromatic carbocycles. The Balaban J connectivity index is 2.49. The number of benzene rings is 1. The molecule has 0 aliphatic rings. The van der Waals surface area contributed by atoms with Crippen molar-refractivity contribution >= 4 is 15.9 Å².